The van der Waals surface area contributed by atoms with Gasteiger partial charge in [0.05, 0.1) is 16.6 Å². The van der Waals surface area contributed by atoms with E-state index in [1.54, 1.807) is 22.8 Å². The Labute approximate surface area is 198 Å². The van der Waals surface area contributed by atoms with Crippen LogP contribution in [0.15, 0.2) is 83.7 Å². The van der Waals surface area contributed by atoms with Crippen LogP contribution in [0.2, 0.25) is 0 Å². The molecule has 6 nitrogen and oxygen atoms in total. The van der Waals surface area contributed by atoms with Crippen LogP contribution in [0.1, 0.15) is 35.2 Å². The number of carbonyl (C=O) groups excluding carboxylic acids is 1. The van der Waals surface area contributed by atoms with E-state index in [1.807, 2.05) is 48.5 Å². The second-order valence-corrected chi connectivity index (χ2v) is 8.66. The number of para-hydroxylation sites is 1. The van der Waals surface area contributed by atoms with E-state index in [2.05, 4.69) is 22.3 Å². The van der Waals surface area contributed by atoms with Crippen molar-refractivity contribution in [3.8, 4) is 5.69 Å². The van der Waals surface area contributed by atoms with Crippen LogP contribution in [0.4, 0.5) is 5.95 Å². The van der Waals surface area contributed by atoms with E-state index < -0.39 is 0 Å². The van der Waals surface area contributed by atoms with Crippen molar-refractivity contribution in [3.63, 3.8) is 0 Å². The molecular formula is C28H28N4O2. The SMILES string of the molecule is O=C(NCCCc1ccccc1)c1ccc2c(=O)n(-c3ccccc3)c(N3CCCC3)nc2c1. The molecule has 1 amide bonds. The molecule has 3 aromatic carbocycles. The van der Waals surface area contributed by atoms with Gasteiger partial charge in [0.1, 0.15) is 0 Å². The predicted molar refractivity (Wildman–Crippen MR) is 136 cm³/mol. The van der Waals surface area contributed by atoms with Crippen LogP contribution < -0.4 is 15.8 Å². The fraction of sp³-hybridized carbons (Fsp3) is 0.250. The van der Waals surface area contributed by atoms with Crippen LogP contribution in [0.3, 0.4) is 0 Å². The summed E-state index contributed by atoms with van der Waals surface area (Å²) in [6.07, 6.45) is 3.93. The lowest BCUT2D eigenvalue weighted by Gasteiger charge is -2.22. The van der Waals surface area contributed by atoms with Crippen molar-refractivity contribution >= 4 is 22.8 Å². The minimum absolute atomic E-state index is 0.118. The average Bonchev–Trinajstić information content (AvgIpc) is 3.42. The van der Waals surface area contributed by atoms with Crippen molar-refractivity contribution in [1.82, 2.24) is 14.9 Å². The predicted octanol–water partition coefficient (Wildman–Crippen LogP) is 4.35. The number of nitrogens with zero attached hydrogens (tertiary/aromatic N) is 3. The van der Waals surface area contributed by atoms with Crippen LogP contribution in [0.5, 0.6) is 0 Å². The highest BCUT2D eigenvalue weighted by molar-refractivity contribution is 5.97. The van der Waals surface area contributed by atoms with Crippen molar-refractivity contribution in [1.29, 1.82) is 0 Å². The first-order chi connectivity index (χ1) is 16.7. The summed E-state index contributed by atoms with van der Waals surface area (Å²) < 4.78 is 1.69. The number of benzene rings is 3. The Kier molecular flexibility index (Phi) is 6.38. The van der Waals surface area contributed by atoms with Gasteiger partial charge in [-0.15, -0.1) is 0 Å². The molecule has 1 aliphatic heterocycles. The zero-order valence-corrected chi connectivity index (χ0v) is 19.1. The Hall–Kier alpha value is -3.93. The van der Waals surface area contributed by atoms with Crippen LogP contribution >= 0.6 is 0 Å². The summed E-state index contributed by atoms with van der Waals surface area (Å²) in [5.74, 6) is 0.494. The molecule has 0 radical (unpaired) electrons. The molecule has 5 rings (SSSR count). The highest BCUT2D eigenvalue weighted by Crippen LogP contribution is 2.23. The molecule has 0 spiro atoms. The van der Waals surface area contributed by atoms with E-state index in [9.17, 15) is 9.59 Å². The summed E-state index contributed by atoms with van der Waals surface area (Å²) in [6.45, 7) is 2.33. The summed E-state index contributed by atoms with van der Waals surface area (Å²) in [6, 6.07) is 25.0. The summed E-state index contributed by atoms with van der Waals surface area (Å²) in [5, 5.41) is 3.50. The first-order valence-corrected chi connectivity index (χ1v) is 11.9. The fourth-order valence-electron chi connectivity index (χ4n) is 4.50. The molecular weight excluding hydrogens is 424 g/mol. The molecule has 2 heterocycles. The topological polar surface area (TPSA) is 67.2 Å². The second kappa shape index (κ2) is 9.91. The van der Waals surface area contributed by atoms with E-state index >= 15 is 0 Å². The zero-order chi connectivity index (χ0) is 23.3. The van der Waals surface area contributed by atoms with Gasteiger partial charge in [-0.1, -0.05) is 48.5 Å². The third-order valence-electron chi connectivity index (χ3n) is 6.29. The van der Waals surface area contributed by atoms with Crippen molar-refractivity contribution < 1.29 is 4.79 Å². The smallest absolute Gasteiger partial charge is 0.267 e. The lowest BCUT2D eigenvalue weighted by atomic mass is 10.1. The van der Waals surface area contributed by atoms with Crippen LogP contribution in [-0.2, 0) is 6.42 Å². The molecule has 1 N–H and O–H groups in total. The molecule has 0 saturated carbocycles. The third-order valence-corrected chi connectivity index (χ3v) is 6.29. The summed E-state index contributed by atoms with van der Waals surface area (Å²) in [5.41, 5.74) is 3.01. The number of fused-ring (bicyclic) bond motifs is 1. The fourth-order valence-corrected chi connectivity index (χ4v) is 4.50. The van der Waals surface area contributed by atoms with Gasteiger partial charge in [0, 0.05) is 25.2 Å². The van der Waals surface area contributed by atoms with Gasteiger partial charge in [0.2, 0.25) is 5.95 Å². The monoisotopic (exact) mass is 452 g/mol. The highest BCUT2D eigenvalue weighted by Gasteiger charge is 2.21. The van der Waals surface area contributed by atoms with E-state index in [4.69, 9.17) is 4.98 Å². The van der Waals surface area contributed by atoms with E-state index in [-0.39, 0.29) is 11.5 Å². The van der Waals surface area contributed by atoms with E-state index in [0.29, 0.717) is 29.0 Å². The van der Waals surface area contributed by atoms with E-state index in [0.717, 1.165) is 44.5 Å². The largest absolute Gasteiger partial charge is 0.352 e. The zero-order valence-electron chi connectivity index (χ0n) is 19.1. The average molecular weight is 453 g/mol. The van der Waals surface area contributed by atoms with Gasteiger partial charge in [-0.05, 0) is 61.6 Å². The Balaban J connectivity index is 1.41. The number of nitrogens with one attached hydrogen (secondary N) is 1. The first-order valence-electron chi connectivity index (χ1n) is 11.9. The van der Waals surface area contributed by atoms with Crippen LogP contribution in [0, 0.1) is 0 Å². The minimum Gasteiger partial charge on any atom is -0.352 e. The number of rotatable bonds is 7. The molecule has 6 heteroatoms. The van der Waals surface area contributed by atoms with Crippen LogP contribution in [0.25, 0.3) is 16.6 Å². The molecule has 1 fully saturated rings. The maximum Gasteiger partial charge on any atom is 0.267 e. The van der Waals surface area contributed by atoms with Crippen LogP contribution in [-0.4, -0.2) is 35.1 Å². The van der Waals surface area contributed by atoms with Gasteiger partial charge >= 0.3 is 0 Å². The van der Waals surface area contributed by atoms with Crippen molar-refractivity contribution in [2.45, 2.75) is 25.7 Å². The number of aromatic nitrogens is 2. The van der Waals surface area contributed by atoms with Gasteiger partial charge in [-0.2, -0.15) is 0 Å². The number of aryl methyl sites for hydroxylation is 1. The Morgan fingerprint density at radius 3 is 2.35 bits per heavy atom. The second-order valence-electron chi connectivity index (χ2n) is 8.66. The number of amides is 1. The molecule has 0 aliphatic carbocycles. The standard InChI is InChI=1S/C28H28N4O2/c33-26(29-17-9-12-21-10-3-1-4-11-21)22-15-16-24-25(20-22)30-28(31-18-7-8-19-31)32(27(24)34)23-13-5-2-6-14-23/h1-6,10-11,13-16,20H,7-9,12,17-19H2,(H,29,33). The molecule has 4 aromatic rings. The lowest BCUT2D eigenvalue weighted by molar-refractivity contribution is 0.0953. The van der Waals surface area contributed by atoms with Gasteiger partial charge in [0.25, 0.3) is 11.5 Å². The van der Waals surface area contributed by atoms with Gasteiger partial charge < -0.3 is 10.2 Å². The van der Waals surface area contributed by atoms with Crippen molar-refractivity contribution in [3.05, 3.63) is 100 Å². The van der Waals surface area contributed by atoms with Gasteiger partial charge in [-0.3, -0.25) is 9.59 Å². The summed E-state index contributed by atoms with van der Waals surface area (Å²) in [7, 11) is 0. The Bertz CT molecular complexity index is 1340. The molecule has 0 bridgehead atoms. The summed E-state index contributed by atoms with van der Waals surface area (Å²) in [4.78, 5) is 33.3. The number of hydrogen-bond donors (Lipinski definition) is 1. The molecule has 1 aliphatic rings. The first kappa shape index (κ1) is 21.9. The quantitative estimate of drug-likeness (QED) is 0.424. The van der Waals surface area contributed by atoms with Crippen molar-refractivity contribution in [2.24, 2.45) is 0 Å². The Morgan fingerprint density at radius 2 is 1.62 bits per heavy atom. The molecule has 172 valence electrons. The molecule has 1 saturated heterocycles. The van der Waals surface area contributed by atoms with Gasteiger partial charge in [-0.25, -0.2) is 9.55 Å². The molecule has 0 unspecified atom stereocenters. The minimum atomic E-state index is -0.147. The normalized spacial score (nSPS) is 13.4. The molecule has 1 aromatic heterocycles. The molecule has 0 atom stereocenters. The van der Waals surface area contributed by atoms with Gasteiger partial charge in [0.15, 0.2) is 0 Å². The molecule has 34 heavy (non-hydrogen) atoms. The highest BCUT2D eigenvalue weighted by atomic mass is 16.1. The third kappa shape index (κ3) is 4.57. The maximum absolute atomic E-state index is 13.5. The van der Waals surface area contributed by atoms with Crippen molar-refractivity contribution in [2.75, 3.05) is 24.5 Å². The van der Waals surface area contributed by atoms with E-state index in [1.165, 1.54) is 5.56 Å². The maximum atomic E-state index is 13.5. The lowest BCUT2D eigenvalue weighted by Crippen LogP contribution is -2.30. The number of carbonyl (C=O) groups is 1. The number of hydrogen-bond acceptors (Lipinski definition) is 4. The number of anilines is 1. The Morgan fingerprint density at radius 1 is 0.912 bits per heavy atom. The summed E-state index contributed by atoms with van der Waals surface area (Å²) >= 11 is 0.